The van der Waals surface area contributed by atoms with Gasteiger partial charge < -0.3 is 10.6 Å². The molecule has 1 amide bonds. The van der Waals surface area contributed by atoms with Gasteiger partial charge in [-0.15, -0.1) is 0 Å². The van der Waals surface area contributed by atoms with Gasteiger partial charge in [0.15, 0.2) is 0 Å². The third kappa shape index (κ3) is 2.22. The van der Waals surface area contributed by atoms with Crippen LogP contribution >= 0.6 is 0 Å². The highest BCUT2D eigenvalue weighted by Gasteiger charge is 2.68. The van der Waals surface area contributed by atoms with Crippen LogP contribution in [0.5, 0.6) is 0 Å². The smallest absolute Gasteiger partial charge is 0.224 e. The molecular formula is C14H26N2O. The Kier molecular flexibility index (Phi) is 3.23. The van der Waals surface area contributed by atoms with Crippen molar-refractivity contribution in [2.75, 3.05) is 13.1 Å². The minimum Gasteiger partial charge on any atom is -0.354 e. The summed E-state index contributed by atoms with van der Waals surface area (Å²) in [6.07, 6.45) is 3.75. The van der Waals surface area contributed by atoms with E-state index in [1.54, 1.807) is 0 Å². The fourth-order valence-corrected chi connectivity index (χ4v) is 3.28. The van der Waals surface area contributed by atoms with Gasteiger partial charge in [-0.2, -0.15) is 0 Å². The molecule has 1 saturated heterocycles. The molecule has 2 N–H and O–H groups in total. The summed E-state index contributed by atoms with van der Waals surface area (Å²) in [6.45, 7) is 10.7. The molecule has 1 heterocycles. The SMILES string of the molecule is CC1(C)C(C(=O)NCC2CCCCN2)C1(C)C. The minimum atomic E-state index is 0.150. The molecule has 1 aliphatic carbocycles. The highest BCUT2D eigenvalue weighted by Crippen LogP contribution is 2.68. The molecule has 3 nitrogen and oxygen atoms in total. The zero-order valence-electron chi connectivity index (χ0n) is 11.6. The first-order valence-corrected chi connectivity index (χ1v) is 6.88. The Labute approximate surface area is 105 Å². The van der Waals surface area contributed by atoms with Crippen LogP contribution in [0.3, 0.4) is 0 Å². The van der Waals surface area contributed by atoms with Gasteiger partial charge in [0.25, 0.3) is 0 Å². The van der Waals surface area contributed by atoms with Gasteiger partial charge in [0.05, 0.1) is 0 Å². The van der Waals surface area contributed by atoms with Gasteiger partial charge in [-0.1, -0.05) is 34.1 Å². The molecule has 0 spiro atoms. The summed E-state index contributed by atoms with van der Waals surface area (Å²) in [7, 11) is 0. The number of amides is 1. The molecule has 2 aliphatic rings. The lowest BCUT2D eigenvalue weighted by atomic mass is 10.0. The zero-order valence-corrected chi connectivity index (χ0v) is 11.6. The normalized spacial score (nSPS) is 30.9. The van der Waals surface area contributed by atoms with Crippen LogP contribution in [0.15, 0.2) is 0 Å². The van der Waals surface area contributed by atoms with Crippen molar-refractivity contribution in [3.05, 3.63) is 0 Å². The van der Waals surface area contributed by atoms with Crippen LogP contribution < -0.4 is 10.6 Å². The fraction of sp³-hybridized carbons (Fsp3) is 0.929. The summed E-state index contributed by atoms with van der Waals surface area (Å²) >= 11 is 0. The summed E-state index contributed by atoms with van der Waals surface area (Å²) in [5.74, 6) is 0.422. The number of carbonyl (C=O) groups excluding carboxylic acids is 1. The molecule has 0 aromatic carbocycles. The van der Waals surface area contributed by atoms with Crippen LogP contribution in [0.4, 0.5) is 0 Å². The van der Waals surface area contributed by atoms with Gasteiger partial charge in [-0.3, -0.25) is 4.79 Å². The topological polar surface area (TPSA) is 41.1 Å². The standard InChI is InChI=1S/C14H26N2O/c1-13(2)11(14(13,3)4)12(17)16-9-10-7-5-6-8-15-10/h10-11,15H,5-9H2,1-4H3,(H,16,17). The molecule has 1 unspecified atom stereocenters. The largest absolute Gasteiger partial charge is 0.354 e. The van der Waals surface area contributed by atoms with Crippen molar-refractivity contribution in [2.24, 2.45) is 16.7 Å². The third-order valence-corrected chi connectivity index (χ3v) is 5.22. The minimum absolute atomic E-state index is 0.150. The van der Waals surface area contributed by atoms with Crippen LogP contribution in [0.1, 0.15) is 47.0 Å². The van der Waals surface area contributed by atoms with Gasteiger partial charge in [0.1, 0.15) is 0 Å². The summed E-state index contributed by atoms with van der Waals surface area (Å²) in [5, 5.41) is 6.58. The van der Waals surface area contributed by atoms with Crippen molar-refractivity contribution >= 4 is 5.91 Å². The van der Waals surface area contributed by atoms with E-state index >= 15 is 0 Å². The van der Waals surface area contributed by atoms with Crippen LogP contribution in [0, 0.1) is 16.7 Å². The molecule has 1 atom stereocenters. The molecule has 17 heavy (non-hydrogen) atoms. The van der Waals surface area contributed by atoms with E-state index in [4.69, 9.17) is 0 Å². The van der Waals surface area contributed by atoms with Crippen molar-refractivity contribution in [1.82, 2.24) is 10.6 Å². The molecule has 98 valence electrons. The second kappa shape index (κ2) is 4.27. The first kappa shape index (κ1) is 12.9. The van der Waals surface area contributed by atoms with Crippen molar-refractivity contribution in [1.29, 1.82) is 0 Å². The highest BCUT2D eigenvalue weighted by atomic mass is 16.2. The van der Waals surface area contributed by atoms with Crippen molar-refractivity contribution in [3.63, 3.8) is 0 Å². The number of hydrogen-bond donors (Lipinski definition) is 2. The lowest BCUT2D eigenvalue weighted by Gasteiger charge is -2.23. The zero-order chi connectivity index (χ0) is 12.7. The van der Waals surface area contributed by atoms with Gasteiger partial charge in [0, 0.05) is 18.5 Å². The molecule has 2 fully saturated rings. The lowest BCUT2D eigenvalue weighted by Crippen LogP contribution is -2.44. The molecule has 3 heteroatoms. The first-order valence-electron chi connectivity index (χ1n) is 6.88. The Bertz CT molecular complexity index is 289. The highest BCUT2D eigenvalue weighted by molar-refractivity contribution is 5.84. The van der Waals surface area contributed by atoms with Crippen LogP contribution in [-0.4, -0.2) is 25.0 Å². The van der Waals surface area contributed by atoms with E-state index in [0.717, 1.165) is 13.1 Å². The number of rotatable bonds is 3. The quantitative estimate of drug-likeness (QED) is 0.789. The van der Waals surface area contributed by atoms with Crippen LogP contribution in [-0.2, 0) is 4.79 Å². The van der Waals surface area contributed by atoms with E-state index in [1.165, 1.54) is 19.3 Å². The van der Waals surface area contributed by atoms with Crippen molar-refractivity contribution in [2.45, 2.75) is 53.0 Å². The second-order valence-corrected chi connectivity index (χ2v) is 6.77. The molecule has 0 aromatic heterocycles. The Morgan fingerprint density at radius 3 is 2.35 bits per heavy atom. The fourth-order valence-electron chi connectivity index (χ4n) is 3.28. The number of nitrogens with one attached hydrogen (secondary N) is 2. The predicted molar refractivity (Wildman–Crippen MR) is 69.7 cm³/mol. The Morgan fingerprint density at radius 1 is 1.24 bits per heavy atom. The maximum atomic E-state index is 12.1. The average Bonchev–Trinajstić information content (AvgIpc) is 2.68. The van der Waals surface area contributed by atoms with E-state index in [-0.39, 0.29) is 22.7 Å². The average molecular weight is 238 g/mol. The molecule has 2 rings (SSSR count). The molecule has 0 bridgehead atoms. The van der Waals surface area contributed by atoms with E-state index in [0.29, 0.717) is 6.04 Å². The molecule has 0 radical (unpaired) electrons. The summed E-state index contributed by atoms with van der Waals surface area (Å²) < 4.78 is 0. The molecule has 1 aliphatic heterocycles. The molecule has 0 aromatic rings. The first-order chi connectivity index (χ1) is 7.87. The van der Waals surface area contributed by atoms with Crippen molar-refractivity contribution in [3.8, 4) is 0 Å². The molecule has 1 saturated carbocycles. The Balaban J connectivity index is 1.79. The van der Waals surface area contributed by atoms with Gasteiger partial charge in [-0.25, -0.2) is 0 Å². The number of hydrogen-bond acceptors (Lipinski definition) is 2. The van der Waals surface area contributed by atoms with E-state index in [2.05, 4.69) is 38.3 Å². The summed E-state index contributed by atoms with van der Waals surface area (Å²) in [4.78, 5) is 12.1. The predicted octanol–water partition coefficient (Wildman–Crippen LogP) is 1.93. The number of carbonyl (C=O) groups is 1. The monoisotopic (exact) mass is 238 g/mol. The second-order valence-electron chi connectivity index (χ2n) is 6.77. The maximum Gasteiger partial charge on any atom is 0.224 e. The van der Waals surface area contributed by atoms with Gasteiger partial charge in [-0.05, 0) is 30.2 Å². The summed E-state index contributed by atoms with van der Waals surface area (Å²) in [5.41, 5.74) is 0.300. The Hall–Kier alpha value is -0.570. The summed E-state index contributed by atoms with van der Waals surface area (Å²) in [6, 6.07) is 0.484. The lowest BCUT2D eigenvalue weighted by molar-refractivity contribution is -0.123. The van der Waals surface area contributed by atoms with Gasteiger partial charge in [0.2, 0.25) is 5.91 Å². The van der Waals surface area contributed by atoms with Crippen LogP contribution in [0.25, 0.3) is 0 Å². The molecular weight excluding hydrogens is 212 g/mol. The van der Waals surface area contributed by atoms with E-state index in [9.17, 15) is 4.79 Å². The number of piperidine rings is 1. The van der Waals surface area contributed by atoms with E-state index in [1.807, 2.05) is 0 Å². The maximum absolute atomic E-state index is 12.1. The Morgan fingerprint density at radius 2 is 1.88 bits per heavy atom. The van der Waals surface area contributed by atoms with Crippen molar-refractivity contribution < 1.29 is 4.79 Å². The van der Waals surface area contributed by atoms with Gasteiger partial charge >= 0.3 is 0 Å². The third-order valence-electron chi connectivity index (χ3n) is 5.22. The van der Waals surface area contributed by atoms with E-state index < -0.39 is 0 Å². The van der Waals surface area contributed by atoms with Crippen LogP contribution in [0.2, 0.25) is 0 Å².